The summed E-state index contributed by atoms with van der Waals surface area (Å²) in [6.45, 7) is 4.27. The van der Waals surface area contributed by atoms with Gasteiger partial charge in [-0.1, -0.05) is 6.42 Å². The molecule has 1 saturated heterocycles. The van der Waals surface area contributed by atoms with Crippen molar-refractivity contribution in [2.24, 2.45) is 11.7 Å². The summed E-state index contributed by atoms with van der Waals surface area (Å²) in [5, 5.41) is 0. The molecule has 1 amide bonds. The Kier molecular flexibility index (Phi) is 4.08. The number of amides is 1. The highest BCUT2D eigenvalue weighted by Gasteiger charge is 2.34. The van der Waals surface area contributed by atoms with E-state index < -0.39 is 0 Å². The molecule has 1 aliphatic heterocycles. The highest BCUT2D eigenvalue weighted by atomic mass is 16.3. The quantitative estimate of drug-likeness (QED) is 0.897. The predicted octanol–water partition coefficient (Wildman–Crippen LogP) is 1.05. The standard InChI is InChI=1S/C15H23N3O2/c16-14-5-1-4-13(14)15(19)18-8-6-17(7-9-18)11-12-3-2-10-20-12/h2-3,10,13-14H,1,4-9,11,16H2. The van der Waals surface area contributed by atoms with Crippen LogP contribution in [0, 0.1) is 5.92 Å². The van der Waals surface area contributed by atoms with Gasteiger partial charge < -0.3 is 15.1 Å². The van der Waals surface area contributed by atoms with Gasteiger partial charge in [-0.2, -0.15) is 0 Å². The molecular weight excluding hydrogens is 254 g/mol. The maximum absolute atomic E-state index is 12.4. The Morgan fingerprint density at radius 2 is 2.10 bits per heavy atom. The normalized spacial score (nSPS) is 27.9. The highest BCUT2D eigenvalue weighted by molar-refractivity contribution is 5.80. The van der Waals surface area contributed by atoms with Crippen LogP contribution in [0.25, 0.3) is 0 Å². The summed E-state index contributed by atoms with van der Waals surface area (Å²) in [5.74, 6) is 1.32. The van der Waals surface area contributed by atoms with E-state index in [-0.39, 0.29) is 17.9 Å². The van der Waals surface area contributed by atoms with E-state index >= 15 is 0 Å². The van der Waals surface area contributed by atoms with E-state index in [2.05, 4.69) is 4.90 Å². The molecule has 0 spiro atoms. The molecular formula is C15H23N3O2. The van der Waals surface area contributed by atoms with Gasteiger partial charge in [0.15, 0.2) is 0 Å². The third-order valence-electron chi connectivity index (χ3n) is 4.53. The smallest absolute Gasteiger partial charge is 0.227 e. The van der Waals surface area contributed by atoms with Crippen molar-refractivity contribution in [3.05, 3.63) is 24.2 Å². The van der Waals surface area contributed by atoms with Crippen molar-refractivity contribution in [1.82, 2.24) is 9.80 Å². The van der Waals surface area contributed by atoms with Crippen LogP contribution in [-0.2, 0) is 11.3 Å². The lowest BCUT2D eigenvalue weighted by atomic mass is 10.0. The summed E-state index contributed by atoms with van der Waals surface area (Å²) in [4.78, 5) is 16.8. The second-order valence-corrected chi connectivity index (χ2v) is 5.88. The van der Waals surface area contributed by atoms with E-state index in [1.165, 1.54) is 0 Å². The zero-order chi connectivity index (χ0) is 13.9. The molecule has 20 heavy (non-hydrogen) atoms. The van der Waals surface area contributed by atoms with Crippen LogP contribution in [0.2, 0.25) is 0 Å². The Bertz CT molecular complexity index is 438. The fourth-order valence-corrected chi connectivity index (χ4v) is 3.28. The van der Waals surface area contributed by atoms with Crippen LogP contribution in [0.3, 0.4) is 0 Å². The Morgan fingerprint density at radius 1 is 1.30 bits per heavy atom. The first-order valence-electron chi connectivity index (χ1n) is 7.53. The number of hydrogen-bond acceptors (Lipinski definition) is 4. The number of piperazine rings is 1. The predicted molar refractivity (Wildman–Crippen MR) is 75.9 cm³/mol. The first-order chi connectivity index (χ1) is 9.74. The van der Waals surface area contributed by atoms with E-state index in [9.17, 15) is 4.79 Å². The molecule has 110 valence electrons. The number of furan rings is 1. The Morgan fingerprint density at radius 3 is 2.70 bits per heavy atom. The molecule has 2 unspecified atom stereocenters. The molecule has 2 atom stereocenters. The monoisotopic (exact) mass is 277 g/mol. The molecule has 5 nitrogen and oxygen atoms in total. The van der Waals surface area contributed by atoms with Gasteiger partial charge in [0.05, 0.1) is 18.7 Å². The largest absolute Gasteiger partial charge is 0.468 e. The third kappa shape index (κ3) is 2.88. The topological polar surface area (TPSA) is 62.7 Å². The molecule has 1 aromatic rings. The lowest BCUT2D eigenvalue weighted by molar-refractivity contribution is -0.137. The number of carbonyl (C=O) groups excluding carboxylic acids is 1. The van der Waals surface area contributed by atoms with Gasteiger partial charge in [0.1, 0.15) is 5.76 Å². The van der Waals surface area contributed by atoms with E-state index in [1.54, 1.807) is 6.26 Å². The van der Waals surface area contributed by atoms with Crippen LogP contribution in [0.1, 0.15) is 25.0 Å². The zero-order valence-electron chi connectivity index (χ0n) is 11.8. The summed E-state index contributed by atoms with van der Waals surface area (Å²) < 4.78 is 5.37. The average molecular weight is 277 g/mol. The minimum Gasteiger partial charge on any atom is -0.468 e. The first-order valence-corrected chi connectivity index (χ1v) is 7.53. The summed E-state index contributed by atoms with van der Waals surface area (Å²) in [6.07, 6.45) is 4.76. The minimum atomic E-state index is 0.0617. The molecule has 5 heteroatoms. The van der Waals surface area contributed by atoms with Crippen LogP contribution in [-0.4, -0.2) is 47.9 Å². The van der Waals surface area contributed by atoms with Crippen molar-refractivity contribution in [3.63, 3.8) is 0 Å². The van der Waals surface area contributed by atoms with Crippen LogP contribution in [0.5, 0.6) is 0 Å². The van der Waals surface area contributed by atoms with E-state index in [0.29, 0.717) is 0 Å². The zero-order valence-corrected chi connectivity index (χ0v) is 11.8. The average Bonchev–Trinajstić information content (AvgIpc) is 3.10. The fourth-order valence-electron chi connectivity index (χ4n) is 3.28. The number of nitrogens with zero attached hydrogens (tertiary/aromatic N) is 2. The fraction of sp³-hybridized carbons (Fsp3) is 0.667. The van der Waals surface area contributed by atoms with Gasteiger partial charge in [0.2, 0.25) is 5.91 Å². The number of rotatable bonds is 3. The van der Waals surface area contributed by atoms with Crippen molar-refractivity contribution in [1.29, 1.82) is 0 Å². The van der Waals surface area contributed by atoms with Gasteiger partial charge in [0.25, 0.3) is 0 Å². The van der Waals surface area contributed by atoms with Crippen LogP contribution in [0.15, 0.2) is 22.8 Å². The van der Waals surface area contributed by atoms with Crippen LogP contribution < -0.4 is 5.73 Å². The first kappa shape index (κ1) is 13.6. The number of hydrogen-bond donors (Lipinski definition) is 1. The lowest BCUT2D eigenvalue weighted by Crippen LogP contribution is -2.51. The summed E-state index contributed by atoms with van der Waals surface area (Å²) in [7, 11) is 0. The Labute approximate surface area is 119 Å². The van der Waals surface area contributed by atoms with Crippen LogP contribution >= 0.6 is 0 Å². The maximum atomic E-state index is 12.4. The SMILES string of the molecule is NC1CCCC1C(=O)N1CCN(Cc2ccco2)CC1. The Hall–Kier alpha value is -1.33. The van der Waals surface area contributed by atoms with Gasteiger partial charge in [0, 0.05) is 32.2 Å². The maximum Gasteiger partial charge on any atom is 0.227 e. The van der Waals surface area contributed by atoms with E-state index in [1.807, 2.05) is 17.0 Å². The van der Waals surface area contributed by atoms with Gasteiger partial charge in [-0.05, 0) is 25.0 Å². The molecule has 1 aliphatic carbocycles. The van der Waals surface area contributed by atoms with Gasteiger partial charge >= 0.3 is 0 Å². The van der Waals surface area contributed by atoms with Gasteiger partial charge in [-0.15, -0.1) is 0 Å². The molecule has 1 aromatic heterocycles. The Balaban J connectivity index is 1.49. The summed E-state index contributed by atoms with van der Waals surface area (Å²) >= 11 is 0. The lowest BCUT2D eigenvalue weighted by Gasteiger charge is -2.36. The second kappa shape index (κ2) is 5.97. The van der Waals surface area contributed by atoms with E-state index in [0.717, 1.165) is 57.7 Å². The molecule has 2 fully saturated rings. The molecule has 0 radical (unpaired) electrons. The molecule has 2 N–H and O–H groups in total. The van der Waals surface area contributed by atoms with Crippen molar-refractivity contribution < 1.29 is 9.21 Å². The van der Waals surface area contributed by atoms with Crippen LogP contribution in [0.4, 0.5) is 0 Å². The molecule has 2 heterocycles. The number of nitrogens with two attached hydrogens (primary N) is 1. The van der Waals surface area contributed by atoms with Crippen molar-refractivity contribution in [2.45, 2.75) is 31.8 Å². The van der Waals surface area contributed by atoms with Crippen molar-refractivity contribution in [2.75, 3.05) is 26.2 Å². The minimum absolute atomic E-state index is 0.0617. The molecule has 2 aliphatic rings. The van der Waals surface area contributed by atoms with Crippen molar-refractivity contribution in [3.8, 4) is 0 Å². The molecule has 1 saturated carbocycles. The molecule has 0 bridgehead atoms. The summed E-state index contributed by atoms with van der Waals surface area (Å²) in [6, 6.07) is 3.98. The third-order valence-corrected chi connectivity index (χ3v) is 4.53. The number of carbonyl (C=O) groups is 1. The van der Waals surface area contributed by atoms with Gasteiger partial charge in [-0.25, -0.2) is 0 Å². The molecule has 0 aromatic carbocycles. The van der Waals surface area contributed by atoms with E-state index in [4.69, 9.17) is 10.2 Å². The summed E-state index contributed by atoms with van der Waals surface area (Å²) in [5.41, 5.74) is 6.03. The highest BCUT2D eigenvalue weighted by Crippen LogP contribution is 2.26. The molecule has 3 rings (SSSR count). The van der Waals surface area contributed by atoms with Gasteiger partial charge in [-0.3, -0.25) is 9.69 Å². The second-order valence-electron chi connectivity index (χ2n) is 5.88. The van der Waals surface area contributed by atoms with Crippen molar-refractivity contribution >= 4 is 5.91 Å².